The number of halogens is 2. The molecule has 0 aliphatic carbocycles. The highest BCUT2D eigenvalue weighted by Crippen LogP contribution is 2.42. The van der Waals surface area contributed by atoms with Gasteiger partial charge in [-0.1, -0.05) is 51.8 Å². The van der Waals surface area contributed by atoms with E-state index in [0.29, 0.717) is 21.8 Å². The van der Waals surface area contributed by atoms with Crippen molar-refractivity contribution in [3.8, 4) is 0 Å². The number of anilines is 1. The minimum atomic E-state index is -0.822. The lowest BCUT2D eigenvalue weighted by Gasteiger charge is -2.25. The van der Waals surface area contributed by atoms with Crippen LogP contribution in [0.25, 0.3) is 5.76 Å². The van der Waals surface area contributed by atoms with Gasteiger partial charge in [-0.15, -0.1) is 0 Å². The molecule has 1 aliphatic rings. The van der Waals surface area contributed by atoms with Crippen molar-refractivity contribution in [2.45, 2.75) is 6.04 Å². The first-order chi connectivity index (χ1) is 14.0. The summed E-state index contributed by atoms with van der Waals surface area (Å²) in [7, 11) is 0. The van der Waals surface area contributed by atoms with E-state index in [4.69, 9.17) is 11.6 Å². The van der Waals surface area contributed by atoms with E-state index < -0.39 is 17.7 Å². The molecule has 5 nitrogen and oxygen atoms in total. The molecule has 29 heavy (non-hydrogen) atoms. The van der Waals surface area contributed by atoms with Crippen LogP contribution in [0.15, 0.2) is 83.1 Å². The van der Waals surface area contributed by atoms with E-state index in [1.54, 1.807) is 67.0 Å². The fourth-order valence-electron chi connectivity index (χ4n) is 3.37. The molecule has 1 N–H and O–H groups in total. The first-order valence-corrected chi connectivity index (χ1v) is 9.87. The quantitative estimate of drug-likeness (QED) is 0.328. The molecule has 1 saturated heterocycles. The van der Waals surface area contributed by atoms with Crippen LogP contribution < -0.4 is 4.90 Å². The highest BCUT2D eigenvalue weighted by Gasteiger charge is 2.47. The van der Waals surface area contributed by atoms with Crippen LogP contribution in [0.4, 0.5) is 5.69 Å². The lowest BCUT2D eigenvalue weighted by atomic mass is 9.96. The summed E-state index contributed by atoms with van der Waals surface area (Å²) in [6.45, 7) is 0. The van der Waals surface area contributed by atoms with E-state index in [1.165, 1.54) is 4.90 Å². The standard InChI is InChI=1S/C22H14BrClN2O3/c23-15-6-2-8-17(11-15)26-19(14-5-3-9-25-12-14)18(21(28)22(26)29)20(27)13-4-1-7-16(24)10-13/h1-12,19,27H/b20-18+. The molecule has 7 heteroatoms. The van der Waals surface area contributed by atoms with Gasteiger partial charge < -0.3 is 5.11 Å². The smallest absolute Gasteiger partial charge is 0.300 e. The number of ketones is 1. The summed E-state index contributed by atoms with van der Waals surface area (Å²) in [4.78, 5) is 31.5. The Morgan fingerprint density at radius 2 is 1.86 bits per heavy atom. The Hall–Kier alpha value is -2.96. The second kappa shape index (κ2) is 7.81. The summed E-state index contributed by atoms with van der Waals surface area (Å²) >= 11 is 9.44. The molecule has 1 aromatic heterocycles. The van der Waals surface area contributed by atoms with E-state index in [-0.39, 0.29) is 11.3 Å². The van der Waals surface area contributed by atoms with Crippen LogP contribution in [0.3, 0.4) is 0 Å². The van der Waals surface area contributed by atoms with E-state index in [9.17, 15) is 14.7 Å². The predicted molar refractivity (Wildman–Crippen MR) is 115 cm³/mol. The third kappa shape index (κ3) is 3.57. The molecule has 2 aromatic carbocycles. The number of benzene rings is 2. The highest BCUT2D eigenvalue weighted by atomic mass is 79.9. The number of Topliss-reactive ketones (excluding diaryl/α,β-unsaturated/α-hetero) is 1. The van der Waals surface area contributed by atoms with Crippen LogP contribution in [0, 0.1) is 0 Å². The Labute approximate surface area is 180 Å². The van der Waals surface area contributed by atoms with Gasteiger partial charge in [-0.2, -0.15) is 0 Å². The molecule has 1 atom stereocenters. The van der Waals surface area contributed by atoms with Gasteiger partial charge in [0.2, 0.25) is 0 Å². The van der Waals surface area contributed by atoms with Crippen LogP contribution in [0.2, 0.25) is 5.02 Å². The number of hydrogen-bond donors (Lipinski definition) is 1. The summed E-state index contributed by atoms with van der Waals surface area (Å²) in [5.41, 5.74) is 1.49. The second-order valence-corrected chi connectivity index (χ2v) is 7.80. The fourth-order valence-corrected chi connectivity index (χ4v) is 3.95. The molecule has 4 rings (SSSR count). The molecule has 0 spiro atoms. The summed E-state index contributed by atoms with van der Waals surface area (Å²) in [6, 6.07) is 16.2. The van der Waals surface area contributed by atoms with Crippen molar-refractivity contribution in [1.29, 1.82) is 0 Å². The zero-order valence-electron chi connectivity index (χ0n) is 14.9. The first kappa shape index (κ1) is 19.4. The van der Waals surface area contributed by atoms with Gasteiger partial charge in [-0.05, 0) is 42.0 Å². The molecule has 0 radical (unpaired) electrons. The van der Waals surface area contributed by atoms with E-state index in [2.05, 4.69) is 20.9 Å². The average Bonchev–Trinajstić information content (AvgIpc) is 2.99. The summed E-state index contributed by atoms with van der Waals surface area (Å²) in [5.74, 6) is -1.77. The summed E-state index contributed by atoms with van der Waals surface area (Å²) in [5, 5.41) is 11.4. The van der Waals surface area contributed by atoms with Gasteiger partial charge in [-0.3, -0.25) is 19.5 Å². The third-order valence-electron chi connectivity index (χ3n) is 4.63. The number of aliphatic hydroxyl groups excluding tert-OH is 1. The number of nitrogens with zero attached hydrogens (tertiary/aromatic N) is 2. The molecule has 144 valence electrons. The number of aliphatic hydroxyl groups is 1. The summed E-state index contributed by atoms with van der Waals surface area (Å²) in [6.07, 6.45) is 3.18. The minimum absolute atomic E-state index is 0.00904. The second-order valence-electron chi connectivity index (χ2n) is 6.45. The number of aromatic nitrogens is 1. The largest absolute Gasteiger partial charge is 0.507 e. The molecule has 3 aromatic rings. The van der Waals surface area contributed by atoms with Crippen LogP contribution >= 0.6 is 27.5 Å². The Morgan fingerprint density at radius 3 is 2.55 bits per heavy atom. The van der Waals surface area contributed by atoms with Gasteiger partial charge in [0.05, 0.1) is 11.6 Å². The molecular formula is C22H14BrClN2O3. The van der Waals surface area contributed by atoms with Crippen molar-refractivity contribution in [1.82, 2.24) is 4.98 Å². The summed E-state index contributed by atoms with van der Waals surface area (Å²) < 4.78 is 0.761. The number of carbonyl (C=O) groups excluding carboxylic acids is 2. The molecular weight excluding hydrogens is 456 g/mol. The van der Waals surface area contributed by atoms with Gasteiger partial charge in [0.25, 0.3) is 11.7 Å². The van der Waals surface area contributed by atoms with Crippen molar-refractivity contribution >= 4 is 50.7 Å². The van der Waals surface area contributed by atoms with Gasteiger partial charge in [0, 0.05) is 33.1 Å². The number of amides is 1. The minimum Gasteiger partial charge on any atom is -0.507 e. The normalized spacial score (nSPS) is 18.3. The van der Waals surface area contributed by atoms with Crippen molar-refractivity contribution in [3.63, 3.8) is 0 Å². The highest BCUT2D eigenvalue weighted by molar-refractivity contribution is 9.10. The monoisotopic (exact) mass is 468 g/mol. The zero-order chi connectivity index (χ0) is 20.5. The maximum atomic E-state index is 13.0. The van der Waals surface area contributed by atoms with Gasteiger partial charge in [0.15, 0.2) is 0 Å². The number of hydrogen-bond acceptors (Lipinski definition) is 4. The Bertz CT molecular complexity index is 1150. The maximum Gasteiger partial charge on any atom is 0.300 e. The fraction of sp³-hybridized carbons (Fsp3) is 0.0455. The van der Waals surface area contributed by atoms with E-state index >= 15 is 0 Å². The van der Waals surface area contributed by atoms with Crippen LogP contribution in [0.5, 0.6) is 0 Å². The lowest BCUT2D eigenvalue weighted by Crippen LogP contribution is -2.29. The van der Waals surface area contributed by atoms with Gasteiger partial charge in [0.1, 0.15) is 5.76 Å². The SMILES string of the molecule is O=C1C(=O)N(c2cccc(Br)c2)C(c2cccnc2)/C1=C(\O)c1cccc(Cl)c1. The molecule has 1 fully saturated rings. The number of rotatable bonds is 3. The van der Waals surface area contributed by atoms with Crippen LogP contribution in [-0.4, -0.2) is 21.8 Å². The zero-order valence-corrected chi connectivity index (χ0v) is 17.3. The van der Waals surface area contributed by atoms with Crippen molar-refractivity contribution in [3.05, 3.63) is 99.3 Å². The molecule has 0 bridgehead atoms. The Kier molecular flexibility index (Phi) is 5.22. The molecule has 2 heterocycles. The van der Waals surface area contributed by atoms with Gasteiger partial charge in [-0.25, -0.2) is 0 Å². The third-order valence-corrected chi connectivity index (χ3v) is 5.36. The van der Waals surface area contributed by atoms with Crippen molar-refractivity contribution in [2.24, 2.45) is 0 Å². The number of pyridine rings is 1. The maximum absolute atomic E-state index is 13.0. The molecule has 0 saturated carbocycles. The van der Waals surface area contributed by atoms with E-state index in [0.717, 1.165) is 4.47 Å². The number of carbonyl (C=O) groups is 2. The Morgan fingerprint density at radius 1 is 1.07 bits per heavy atom. The van der Waals surface area contributed by atoms with Crippen molar-refractivity contribution < 1.29 is 14.7 Å². The molecule has 1 amide bonds. The topological polar surface area (TPSA) is 70.5 Å². The van der Waals surface area contributed by atoms with Crippen LogP contribution in [-0.2, 0) is 9.59 Å². The first-order valence-electron chi connectivity index (χ1n) is 8.70. The van der Waals surface area contributed by atoms with Crippen LogP contribution in [0.1, 0.15) is 17.2 Å². The Balaban J connectivity index is 1.96. The predicted octanol–water partition coefficient (Wildman–Crippen LogP) is 5.12. The van der Waals surface area contributed by atoms with E-state index in [1.807, 2.05) is 6.07 Å². The molecule has 1 unspecified atom stereocenters. The molecule has 1 aliphatic heterocycles. The lowest BCUT2D eigenvalue weighted by molar-refractivity contribution is -0.132. The van der Waals surface area contributed by atoms with Gasteiger partial charge >= 0.3 is 0 Å². The van der Waals surface area contributed by atoms with Crippen molar-refractivity contribution in [2.75, 3.05) is 4.90 Å². The average molecular weight is 470 g/mol.